The molecule has 0 radical (unpaired) electrons. The molecule has 2 aromatic carbocycles. The molecule has 6 nitrogen and oxygen atoms in total. The number of rotatable bonds is 9. The number of alkyl halides is 2. The summed E-state index contributed by atoms with van der Waals surface area (Å²) in [7, 11) is 1.48. The Bertz CT molecular complexity index is 1080. The monoisotopic (exact) mass is 473 g/mol. The molecule has 33 heavy (non-hydrogen) atoms. The van der Waals surface area contributed by atoms with E-state index in [1.807, 2.05) is 31.2 Å². The molecule has 0 spiro atoms. The third-order valence-electron chi connectivity index (χ3n) is 4.88. The number of methoxy groups -OCH3 is 1. The molecule has 1 aliphatic heterocycles. The summed E-state index contributed by atoms with van der Waals surface area (Å²) in [4.78, 5) is 16.1. The molecule has 3 rings (SSSR count). The van der Waals surface area contributed by atoms with Crippen molar-refractivity contribution in [3.63, 3.8) is 0 Å². The topological polar surface area (TPSA) is 72.3 Å². The second-order valence-electron chi connectivity index (χ2n) is 7.45. The van der Waals surface area contributed by atoms with Crippen LogP contribution < -0.4 is 5.43 Å². The number of benzene rings is 2. The van der Waals surface area contributed by atoms with Crippen LogP contribution in [0.25, 0.3) is 0 Å². The molecule has 0 bridgehead atoms. The molecule has 1 heterocycles. The van der Waals surface area contributed by atoms with Gasteiger partial charge in [0.05, 0.1) is 26.9 Å². The standard InChI is InChI=1S/C24H25F2N3O3S/c1-16-12-27-23(18-7-9-20(10-8-18)24(2,25)26)33-21(16)14-32-13-17-5-4-6-19(11-17)22(31-3)29-28-15-30/h4-11,15H,12-14H2,1-3H3,(H,28,30)/b29-22-. The van der Waals surface area contributed by atoms with Gasteiger partial charge in [-0.15, -0.1) is 5.10 Å². The number of hydrogen-bond donors (Lipinski definition) is 1. The minimum absolute atomic E-state index is 0.0196. The van der Waals surface area contributed by atoms with Crippen LogP contribution in [-0.2, 0) is 26.8 Å². The Morgan fingerprint density at radius 3 is 2.67 bits per heavy atom. The molecule has 1 aliphatic rings. The number of aliphatic imine (C=N–C) groups is 1. The Labute approximate surface area is 195 Å². The average molecular weight is 474 g/mol. The summed E-state index contributed by atoms with van der Waals surface area (Å²) >= 11 is 1.50. The zero-order chi connectivity index (χ0) is 23.8. The summed E-state index contributed by atoms with van der Waals surface area (Å²) in [6, 6.07) is 13.7. The van der Waals surface area contributed by atoms with Gasteiger partial charge >= 0.3 is 0 Å². The SMILES string of the molecule is CO/C(=N\NC=O)c1cccc(COCC2=C(C)CN=C(c3ccc(C(C)(F)F)cc3)S2)c1. The van der Waals surface area contributed by atoms with Crippen LogP contribution >= 0.6 is 11.8 Å². The van der Waals surface area contributed by atoms with Crippen molar-refractivity contribution in [1.29, 1.82) is 0 Å². The van der Waals surface area contributed by atoms with Gasteiger partial charge in [-0.1, -0.05) is 48.2 Å². The van der Waals surface area contributed by atoms with E-state index in [1.54, 1.807) is 12.1 Å². The predicted octanol–water partition coefficient (Wildman–Crippen LogP) is 4.84. The molecule has 0 unspecified atom stereocenters. The van der Waals surface area contributed by atoms with Gasteiger partial charge in [-0.2, -0.15) is 0 Å². The molecule has 0 saturated carbocycles. The number of hydrazone groups is 1. The van der Waals surface area contributed by atoms with E-state index in [0.717, 1.165) is 33.6 Å². The first-order valence-electron chi connectivity index (χ1n) is 10.2. The molecule has 0 atom stereocenters. The van der Waals surface area contributed by atoms with Gasteiger partial charge in [0.2, 0.25) is 12.3 Å². The third-order valence-corrected chi connectivity index (χ3v) is 6.15. The summed E-state index contributed by atoms with van der Waals surface area (Å²) in [6.07, 6.45) is 0.467. The lowest BCUT2D eigenvalue weighted by molar-refractivity contribution is -0.109. The van der Waals surface area contributed by atoms with Gasteiger partial charge in [0.25, 0.3) is 5.92 Å². The molecule has 9 heteroatoms. The maximum Gasteiger partial charge on any atom is 0.270 e. The smallest absolute Gasteiger partial charge is 0.270 e. The number of nitrogens with one attached hydrogen (secondary N) is 1. The van der Waals surface area contributed by atoms with Gasteiger partial charge in [0, 0.05) is 28.5 Å². The highest BCUT2D eigenvalue weighted by Crippen LogP contribution is 2.32. The van der Waals surface area contributed by atoms with Crippen molar-refractivity contribution in [2.75, 3.05) is 20.3 Å². The van der Waals surface area contributed by atoms with Crippen LogP contribution in [0, 0.1) is 0 Å². The maximum absolute atomic E-state index is 13.5. The molecular weight excluding hydrogens is 448 g/mol. The zero-order valence-corrected chi connectivity index (χ0v) is 19.4. The van der Waals surface area contributed by atoms with Crippen molar-refractivity contribution in [2.45, 2.75) is 26.4 Å². The molecule has 0 fully saturated rings. The summed E-state index contributed by atoms with van der Waals surface area (Å²) in [5.41, 5.74) is 5.77. The lowest BCUT2D eigenvalue weighted by Crippen LogP contribution is -2.12. The number of carbonyl (C=O) groups excluding carboxylic acids is 1. The molecule has 0 saturated heterocycles. The quantitative estimate of drug-likeness (QED) is 0.245. The second kappa shape index (κ2) is 11.2. The van der Waals surface area contributed by atoms with Gasteiger partial charge in [-0.3, -0.25) is 9.79 Å². The number of hydrogen-bond acceptors (Lipinski definition) is 6. The Morgan fingerprint density at radius 2 is 2.00 bits per heavy atom. The number of carbonyl (C=O) groups is 1. The minimum Gasteiger partial charge on any atom is -0.480 e. The highest BCUT2D eigenvalue weighted by molar-refractivity contribution is 8.17. The third kappa shape index (κ3) is 6.72. The van der Waals surface area contributed by atoms with E-state index >= 15 is 0 Å². The van der Waals surface area contributed by atoms with Crippen molar-refractivity contribution >= 4 is 29.1 Å². The lowest BCUT2D eigenvalue weighted by atomic mass is 10.1. The summed E-state index contributed by atoms with van der Waals surface area (Å²) in [5.74, 6) is -2.58. The number of amides is 1. The first kappa shape index (κ1) is 24.6. The van der Waals surface area contributed by atoms with Crippen LogP contribution in [0.5, 0.6) is 0 Å². The number of halogens is 2. The van der Waals surface area contributed by atoms with E-state index in [0.29, 0.717) is 31.7 Å². The Kier molecular flexibility index (Phi) is 8.35. The van der Waals surface area contributed by atoms with Crippen LogP contribution in [0.4, 0.5) is 8.78 Å². The fourth-order valence-corrected chi connectivity index (χ4v) is 4.09. The van der Waals surface area contributed by atoms with Gasteiger partial charge in [-0.05, 0) is 30.2 Å². The van der Waals surface area contributed by atoms with E-state index in [4.69, 9.17) is 9.47 Å². The highest BCUT2D eigenvalue weighted by Gasteiger charge is 2.24. The van der Waals surface area contributed by atoms with Crippen LogP contribution in [-0.4, -0.2) is 37.6 Å². The summed E-state index contributed by atoms with van der Waals surface area (Å²) < 4.78 is 38.1. The normalized spacial score (nSPS) is 14.7. The summed E-state index contributed by atoms with van der Waals surface area (Å²) in [6.45, 7) is 4.21. The number of nitrogens with zero attached hydrogens (tertiary/aromatic N) is 2. The lowest BCUT2D eigenvalue weighted by Gasteiger charge is -2.19. The van der Waals surface area contributed by atoms with Crippen LogP contribution in [0.3, 0.4) is 0 Å². The van der Waals surface area contributed by atoms with Crippen LogP contribution in [0.2, 0.25) is 0 Å². The van der Waals surface area contributed by atoms with Crippen LogP contribution in [0.15, 0.2) is 69.1 Å². The van der Waals surface area contributed by atoms with E-state index in [-0.39, 0.29) is 11.5 Å². The van der Waals surface area contributed by atoms with E-state index < -0.39 is 5.92 Å². The second-order valence-corrected chi connectivity index (χ2v) is 8.54. The van der Waals surface area contributed by atoms with E-state index in [9.17, 15) is 13.6 Å². The van der Waals surface area contributed by atoms with Crippen molar-refractivity contribution in [3.05, 3.63) is 81.3 Å². The van der Waals surface area contributed by atoms with Crippen molar-refractivity contribution in [3.8, 4) is 0 Å². The van der Waals surface area contributed by atoms with Crippen LogP contribution in [0.1, 0.15) is 36.1 Å². The number of ether oxygens (including phenoxy) is 2. The first-order valence-corrected chi connectivity index (χ1v) is 11.0. The Morgan fingerprint density at radius 1 is 1.24 bits per heavy atom. The van der Waals surface area contributed by atoms with Gasteiger partial charge in [0.1, 0.15) is 5.04 Å². The molecule has 0 aromatic heterocycles. The fourth-order valence-electron chi connectivity index (χ4n) is 3.09. The Balaban J connectivity index is 1.61. The van der Waals surface area contributed by atoms with E-state index in [2.05, 4.69) is 15.5 Å². The van der Waals surface area contributed by atoms with E-state index in [1.165, 1.54) is 31.0 Å². The molecule has 174 valence electrons. The van der Waals surface area contributed by atoms with Crippen molar-refractivity contribution in [1.82, 2.24) is 5.43 Å². The highest BCUT2D eigenvalue weighted by atomic mass is 32.2. The maximum atomic E-state index is 13.5. The minimum atomic E-state index is -2.87. The molecule has 1 N–H and O–H groups in total. The molecule has 0 aliphatic carbocycles. The Hall–Kier alpha value is -3.04. The van der Waals surface area contributed by atoms with Gasteiger partial charge in [-0.25, -0.2) is 14.2 Å². The predicted molar refractivity (Wildman–Crippen MR) is 127 cm³/mol. The van der Waals surface area contributed by atoms with Gasteiger partial charge in [0.15, 0.2) is 0 Å². The molecule has 1 amide bonds. The largest absolute Gasteiger partial charge is 0.480 e. The molecular formula is C24H25F2N3O3S. The first-order chi connectivity index (χ1) is 15.8. The average Bonchev–Trinajstić information content (AvgIpc) is 2.81. The summed E-state index contributed by atoms with van der Waals surface area (Å²) in [5, 5.41) is 4.65. The zero-order valence-electron chi connectivity index (χ0n) is 18.6. The molecule has 2 aromatic rings. The number of thioether (sulfide) groups is 1. The van der Waals surface area contributed by atoms with Gasteiger partial charge < -0.3 is 9.47 Å². The fraction of sp³-hybridized carbons (Fsp3) is 0.292. The van der Waals surface area contributed by atoms with Crippen molar-refractivity contribution < 1.29 is 23.0 Å². The van der Waals surface area contributed by atoms with Crippen molar-refractivity contribution in [2.24, 2.45) is 10.1 Å².